The molecule has 20 heavy (non-hydrogen) atoms. The minimum atomic E-state index is 0.179. The molecule has 2 aromatic heterocycles. The molecule has 0 aliphatic carbocycles. The van der Waals surface area contributed by atoms with Crippen LogP contribution in [0.2, 0.25) is 0 Å². The van der Waals surface area contributed by atoms with Crippen molar-refractivity contribution in [3.05, 3.63) is 34.1 Å². The highest BCUT2D eigenvalue weighted by atomic mass is 79.9. The minimum Gasteiger partial charge on any atom is -0.337 e. The van der Waals surface area contributed by atoms with Crippen molar-refractivity contribution in [3.63, 3.8) is 0 Å². The Kier molecular flexibility index (Phi) is 4.99. The second-order valence-electron chi connectivity index (χ2n) is 4.82. The van der Waals surface area contributed by atoms with Crippen LogP contribution < -0.4 is 5.32 Å². The van der Waals surface area contributed by atoms with Gasteiger partial charge in [0.1, 0.15) is 5.82 Å². The highest BCUT2D eigenvalue weighted by molar-refractivity contribution is 9.10. The molecule has 1 unspecified atom stereocenters. The molecule has 0 bridgehead atoms. The Morgan fingerprint density at radius 2 is 2.15 bits per heavy atom. The van der Waals surface area contributed by atoms with Crippen LogP contribution in [0.5, 0.6) is 0 Å². The first-order valence-corrected chi connectivity index (χ1v) is 7.80. The van der Waals surface area contributed by atoms with Crippen LogP contribution in [0.1, 0.15) is 37.1 Å². The lowest BCUT2D eigenvalue weighted by atomic mass is 10.1. The van der Waals surface area contributed by atoms with Crippen molar-refractivity contribution < 1.29 is 0 Å². The van der Waals surface area contributed by atoms with E-state index in [0.29, 0.717) is 0 Å². The largest absolute Gasteiger partial charge is 0.337 e. The summed E-state index contributed by atoms with van der Waals surface area (Å²) in [5, 5.41) is 8.01. The van der Waals surface area contributed by atoms with Gasteiger partial charge in [0.15, 0.2) is 0 Å². The smallest absolute Gasteiger partial charge is 0.125 e. The first kappa shape index (κ1) is 15.3. The van der Waals surface area contributed by atoms with E-state index in [1.807, 2.05) is 26.5 Å². The third kappa shape index (κ3) is 2.81. The average molecular weight is 340 g/mol. The topological polar surface area (TPSA) is 47.7 Å². The van der Waals surface area contributed by atoms with E-state index >= 15 is 0 Å². The zero-order valence-electron chi connectivity index (χ0n) is 12.5. The molecule has 2 heterocycles. The summed E-state index contributed by atoms with van der Waals surface area (Å²) in [5.74, 6) is 1.04. The Morgan fingerprint density at radius 3 is 2.65 bits per heavy atom. The van der Waals surface area contributed by atoms with E-state index in [1.165, 1.54) is 5.69 Å². The Bertz CT molecular complexity index is 572. The number of halogens is 1. The SMILES string of the molecule is CCc1nn(CC)c(CC(NC)c2nccn2C)c1Br. The van der Waals surface area contributed by atoms with Gasteiger partial charge in [-0.25, -0.2) is 4.98 Å². The summed E-state index contributed by atoms with van der Waals surface area (Å²) in [7, 11) is 4.00. The molecule has 0 spiro atoms. The number of hydrogen-bond donors (Lipinski definition) is 1. The summed E-state index contributed by atoms with van der Waals surface area (Å²) in [6.45, 7) is 5.13. The molecule has 110 valence electrons. The van der Waals surface area contributed by atoms with Crippen LogP contribution in [-0.2, 0) is 26.4 Å². The predicted octanol–water partition coefficient (Wildman–Crippen LogP) is 2.46. The Hall–Kier alpha value is -1.14. The zero-order chi connectivity index (χ0) is 14.7. The lowest BCUT2D eigenvalue weighted by molar-refractivity contribution is 0.506. The van der Waals surface area contributed by atoms with Crippen LogP contribution in [0, 0.1) is 0 Å². The molecule has 1 N–H and O–H groups in total. The summed E-state index contributed by atoms with van der Waals surface area (Å²) in [5.41, 5.74) is 2.35. The lowest BCUT2D eigenvalue weighted by Crippen LogP contribution is -2.23. The molecule has 2 rings (SSSR count). The van der Waals surface area contributed by atoms with Gasteiger partial charge in [0, 0.05) is 32.4 Å². The van der Waals surface area contributed by atoms with Crippen LogP contribution in [0.4, 0.5) is 0 Å². The van der Waals surface area contributed by atoms with Gasteiger partial charge in [-0.3, -0.25) is 4.68 Å². The second kappa shape index (κ2) is 6.54. The molecule has 0 aliphatic rings. The van der Waals surface area contributed by atoms with E-state index in [9.17, 15) is 0 Å². The molecule has 0 aliphatic heterocycles. The van der Waals surface area contributed by atoms with Gasteiger partial charge in [-0.15, -0.1) is 0 Å². The molecule has 0 saturated heterocycles. The van der Waals surface area contributed by atoms with Crippen molar-refractivity contribution in [1.82, 2.24) is 24.6 Å². The molecule has 0 saturated carbocycles. The minimum absolute atomic E-state index is 0.179. The van der Waals surface area contributed by atoms with Crippen LogP contribution in [0.3, 0.4) is 0 Å². The number of rotatable bonds is 6. The van der Waals surface area contributed by atoms with Gasteiger partial charge in [-0.2, -0.15) is 5.10 Å². The predicted molar refractivity (Wildman–Crippen MR) is 83.7 cm³/mol. The number of nitrogens with one attached hydrogen (secondary N) is 1. The first-order valence-electron chi connectivity index (χ1n) is 7.00. The maximum atomic E-state index is 4.65. The Labute approximate surface area is 128 Å². The van der Waals surface area contributed by atoms with Gasteiger partial charge in [0.05, 0.1) is 21.9 Å². The van der Waals surface area contributed by atoms with Crippen molar-refractivity contribution in [2.24, 2.45) is 7.05 Å². The van der Waals surface area contributed by atoms with Crippen molar-refractivity contribution in [2.75, 3.05) is 7.05 Å². The molecule has 5 nitrogen and oxygen atoms in total. The third-order valence-electron chi connectivity index (χ3n) is 3.61. The van der Waals surface area contributed by atoms with E-state index in [-0.39, 0.29) is 6.04 Å². The molecule has 6 heteroatoms. The summed E-state index contributed by atoms with van der Waals surface area (Å²) in [4.78, 5) is 4.45. The van der Waals surface area contributed by atoms with E-state index in [1.54, 1.807) is 0 Å². The third-order valence-corrected chi connectivity index (χ3v) is 4.53. The summed E-state index contributed by atoms with van der Waals surface area (Å²) in [6.07, 6.45) is 5.61. The fourth-order valence-electron chi connectivity index (χ4n) is 2.44. The molecule has 0 radical (unpaired) electrons. The summed E-state index contributed by atoms with van der Waals surface area (Å²) < 4.78 is 5.27. The number of likely N-dealkylation sites (N-methyl/N-ethyl adjacent to an activating group) is 1. The van der Waals surface area contributed by atoms with Crippen molar-refractivity contribution in [1.29, 1.82) is 0 Å². The highest BCUT2D eigenvalue weighted by Gasteiger charge is 2.21. The summed E-state index contributed by atoms with van der Waals surface area (Å²) >= 11 is 3.70. The van der Waals surface area contributed by atoms with Gasteiger partial charge < -0.3 is 9.88 Å². The monoisotopic (exact) mass is 339 g/mol. The van der Waals surface area contributed by atoms with Gasteiger partial charge >= 0.3 is 0 Å². The molecule has 1 atom stereocenters. The summed E-state index contributed by atoms with van der Waals surface area (Å²) in [6, 6.07) is 0.179. The van der Waals surface area contributed by atoms with Crippen molar-refractivity contribution >= 4 is 15.9 Å². The van der Waals surface area contributed by atoms with Gasteiger partial charge in [0.25, 0.3) is 0 Å². The zero-order valence-corrected chi connectivity index (χ0v) is 14.1. The molecule has 2 aromatic rings. The van der Waals surface area contributed by atoms with Gasteiger partial charge in [0.2, 0.25) is 0 Å². The van der Waals surface area contributed by atoms with Gasteiger partial charge in [-0.05, 0) is 36.3 Å². The van der Waals surface area contributed by atoms with Crippen LogP contribution in [0.15, 0.2) is 16.9 Å². The number of nitrogens with zero attached hydrogens (tertiary/aromatic N) is 4. The quantitative estimate of drug-likeness (QED) is 0.879. The standard InChI is InChI=1S/C14H22BrN5/c1-5-10-13(15)12(20(6-2)18-10)9-11(16-3)14-17-7-8-19(14)4/h7-8,11,16H,5-6,9H2,1-4H3. The van der Waals surface area contributed by atoms with E-state index in [0.717, 1.165) is 35.4 Å². The van der Waals surface area contributed by atoms with Crippen molar-refractivity contribution in [3.8, 4) is 0 Å². The number of imidazole rings is 1. The number of aryl methyl sites for hydroxylation is 3. The normalized spacial score (nSPS) is 12.8. The molecule has 0 aromatic carbocycles. The second-order valence-corrected chi connectivity index (χ2v) is 5.61. The number of aromatic nitrogens is 4. The average Bonchev–Trinajstić information content (AvgIpc) is 3.00. The molecule has 0 fully saturated rings. The maximum Gasteiger partial charge on any atom is 0.125 e. The fourth-order valence-corrected chi connectivity index (χ4v) is 3.17. The maximum absolute atomic E-state index is 4.65. The van der Waals surface area contributed by atoms with Crippen LogP contribution in [-0.4, -0.2) is 26.4 Å². The molecule has 0 amide bonds. The van der Waals surface area contributed by atoms with Crippen LogP contribution >= 0.6 is 15.9 Å². The molecular weight excluding hydrogens is 318 g/mol. The highest BCUT2D eigenvalue weighted by Crippen LogP contribution is 2.26. The Morgan fingerprint density at radius 1 is 1.40 bits per heavy atom. The van der Waals surface area contributed by atoms with E-state index in [4.69, 9.17) is 0 Å². The number of hydrogen-bond acceptors (Lipinski definition) is 3. The first-order chi connectivity index (χ1) is 9.62. The van der Waals surface area contributed by atoms with Crippen LogP contribution in [0.25, 0.3) is 0 Å². The van der Waals surface area contributed by atoms with Crippen molar-refractivity contribution in [2.45, 2.75) is 39.3 Å². The molecular formula is C14H22BrN5. The van der Waals surface area contributed by atoms with E-state index < -0.39 is 0 Å². The fraction of sp³-hybridized carbons (Fsp3) is 0.571. The van der Waals surface area contributed by atoms with Gasteiger partial charge in [-0.1, -0.05) is 6.92 Å². The van der Waals surface area contributed by atoms with E-state index in [2.05, 4.69) is 54.4 Å². The lowest BCUT2D eigenvalue weighted by Gasteiger charge is -2.17. The Balaban J connectivity index is 2.32.